The van der Waals surface area contributed by atoms with Gasteiger partial charge in [-0.15, -0.1) is 0 Å². The summed E-state index contributed by atoms with van der Waals surface area (Å²) in [6.45, 7) is 11.4. The number of hydrogen-bond donors (Lipinski definition) is 0. The lowest BCUT2D eigenvalue weighted by Crippen LogP contribution is -2.30. The van der Waals surface area contributed by atoms with Crippen molar-refractivity contribution >= 4 is 17.9 Å². The number of ether oxygens (including phenoxy) is 3. The Morgan fingerprint density at radius 1 is 0.318 bits per heavy atom. The fraction of sp³-hybridized carbons (Fsp3) is 0.950. The SMILES string of the molecule is CCCCCCCCCCCCCCCCCCCC(=O)OC[C@H](COC(=O)CCCCCCCCC(C)CC)OC(=O)CCCCCCCCCCCCCCCCCCCCC(C)C. The van der Waals surface area contributed by atoms with Crippen LogP contribution in [-0.4, -0.2) is 37.2 Å². The third-order valence-corrected chi connectivity index (χ3v) is 14.1. The quantitative estimate of drug-likeness (QED) is 0.0343. The van der Waals surface area contributed by atoms with E-state index in [1.807, 2.05) is 0 Å². The average molecular weight is 934 g/mol. The van der Waals surface area contributed by atoms with Crippen LogP contribution in [-0.2, 0) is 28.6 Å². The molecule has 0 aliphatic carbocycles. The number of rotatable bonds is 54. The summed E-state index contributed by atoms with van der Waals surface area (Å²) in [4.78, 5) is 38.1. The maximum atomic E-state index is 12.9. The van der Waals surface area contributed by atoms with E-state index in [-0.39, 0.29) is 31.1 Å². The van der Waals surface area contributed by atoms with Crippen LogP contribution in [0.4, 0.5) is 0 Å². The van der Waals surface area contributed by atoms with Crippen molar-refractivity contribution in [3.05, 3.63) is 0 Å². The van der Waals surface area contributed by atoms with Crippen molar-refractivity contribution in [3.8, 4) is 0 Å². The van der Waals surface area contributed by atoms with Gasteiger partial charge in [-0.1, -0.05) is 298 Å². The molecule has 0 fully saturated rings. The second-order valence-electron chi connectivity index (χ2n) is 21.4. The minimum atomic E-state index is -0.763. The molecule has 0 N–H and O–H groups in total. The zero-order valence-corrected chi connectivity index (χ0v) is 45.3. The smallest absolute Gasteiger partial charge is 0.306 e. The highest BCUT2D eigenvalue weighted by atomic mass is 16.6. The Morgan fingerprint density at radius 3 is 0.864 bits per heavy atom. The van der Waals surface area contributed by atoms with Gasteiger partial charge in [0.15, 0.2) is 6.10 Å². The summed E-state index contributed by atoms with van der Waals surface area (Å²) in [6, 6.07) is 0. The predicted octanol–water partition coefficient (Wildman–Crippen LogP) is 19.7. The summed E-state index contributed by atoms with van der Waals surface area (Å²) in [5, 5.41) is 0. The Hall–Kier alpha value is -1.59. The van der Waals surface area contributed by atoms with Gasteiger partial charge in [-0.2, -0.15) is 0 Å². The number of esters is 3. The summed E-state index contributed by atoms with van der Waals surface area (Å²) < 4.78 is 16.9. The molecule has 0 bridgehead atoms. The Morgan fingerprint density at radius 2 is 0.576 bits per heavy atom. The first kappa shape index (κ1) is 64.4. The van der Waals surface area contributed by atoms with E-state index in [0.29, 0.717) is 19.3 Å². The number of carbonyl (C=O) groups excluding carboxylic acids is 3. The van der Waals surface area contributed by atoms with Gasteiger partial charge < -0.3 is 14.2 Å². The first-order valence-electron chi connectivity index (χ1n) is 29.8. The predicted molar refractivity (Wildman–Crippen MR) is 284 cm³/mol. The second kappa shape index (κ2) is 52.8. The average Bonchev–Trinajstić information content (AvgIpc) is 3.30. The molecule has 0 rings (SSSR count). The lowest BCUT2D eigenvalue weighted by Gasteiger charge is -2.18. The number of hydrogen-bond acceptors (Lipinski definition) is 6. The minimum absolute atomic E-state index is 0.0633. The Balaban J connectivity index is 4.22. The van der Waals surface area contributed by atoms with Gasteiger partial charge >= 0.3 is 17.9 Å². The molecule has 0 amide bonds. The van der Waals surface area contributed by atoms with Gasteiger partial charge in [-0.25, -0.2) is 0 Å². The highest BCUT2D eigenvalue weighted by Gasteiger charge is 2.19. The molecule has 0 saturated carbocycles. The van der Waals surface area contributed by atoms with Gasteiger partial charge in [-0.3, -0.25) is 14.4 Å². The van der Waals surface area contributed by atoms with Crippen LogP contribution in [0, 0.1) is 11.8 Å². The van der Waals surface area contributed by atoms with Crippen molar-refractivity contribution in [2.75, 3.05) is 13.2 Å². The molecule has 0 aliphatic heterocycles. The molecule has 66 heavy (non-hydrogen) atoms. The largest absolute Gasteiger partial charge is 0.462 e. The fourth-order valence-corrected chi connectivity index (χ4v) is 9.20. The molecule has 0 heterocycles. The highest BCUT2D eigenvalue weighted by molar-refractivity contribution is 5.71. The van der Waals surface area contributed by atoms with E-state index in [2.05, 4.69) is 34.6 Å². The molecule has 1 unspecified atom stereocenters. The van der Waals surface area contributed by atoms with E-state index in [0.717, 1.165) is 69.6 Å². The first-order valence-corrected chi connectivity index (χ1v) is 29.8. The van der Waals surface area contributed by atoms with Gasteiger partial charge in [-0.05, 0) is 31.1 Å². The molecule has 392 valence electrons. The molecule has 2 atom stereocenters. The standard InChI is InChI=1S/C60H116O6/c1-6-8-9-10-11-12-13-14-15-18-22-25-28-31-34-40-45-50-58(61)64-53-57(54-65-59(62)51-46-41-37-36-39-44-49-56(5)7-2)66-60(63)52-47-42-35-32-29-26-23-20-17-16-19-21-24-27-30-33-38-43-48-55(3)4/h55-57H,6-54H2,1-5H3/t56?,57-/m1/s1. The van der Waals surface area contributed by atoms with Crippen LogP contribution in [0.3, 0.4) is 0 Å². The third kappa shape index (κ3) is 51.8. The molecule has 0 radical (unpaired) electrons. The van der Waals surface area contributed by atoms with Crippen molar-refractivity contribution in [3.63, 3.8) is 0 Å². The lowest BCUT2D eigenvalue weighted by molar-refractivity contribution is -0.167. The summed E-state index contributed by atoms with van der Waals surface area (Å²) in [7, 11) is 0. The zero-order valence-electron chi connectivity index (χ0n) is 45.3. The zero-order chi connectivity index (χ0) is 48.2. The number of unbranched alkanes of at least 4 members (excludes halogenated alkanes) is 38. The van der Waals surface area contributed by atoms with Crippen molar-refractivity contribution in [2.24, 2.45) is 11.8 Å². The summed E-state index contributed by atoms with van der Waals surface area (Å²) in [5.41, 5.74) is 0. The molecule has 6 heteroatoms. The Bertz CT molecular complexity index is 1010. The Labute approximate surface area is 412 Å². The summed E-state index contributed by atoms with van der Waals surface area (Å²) in [5.74, 6) is 0.831. The fourth-order valence-electron chi connectivity index (χ4n) is 9.20. The van der Waals surface area contributed by atoms with E-state index in [9.17, 15) is 14.4 Å². The van der Waals surface area contributed by atoms with Crippen molar-refractivity contribution < 1.29 is 28.6 Å². The van der Waals surface area contributed by atoms with Crippen LogP contribution in [0.15, 0.2) is 0 Å². The number of carbonyl (C=O) groups is 3. The van der Waals surface area contributed by atoms with E-state index in [1.165, 1.54) is 225 Å². The lowest BCUT2D eigenvalue weighted by atomic mass is 10.00. The van der Waals surface area contributed by atoms with Crippen molar-refractivity contribution in [2.45, 2.75) is 343 Å². The molecule has 0 aromatic heterocycles. The molecular formula is C60H116O6. The van der Waals surface area contributed by atoms with Crippen molar-refractivity contribution in [1.82, 2.24) is 0 Å². The van der Waals surface area contributed by atoms with E-state index < -0.39 is 6.10 Å². The molecule has 0 saturated heterocycles. The molecule has 0 spiro atoms. The van der Waals surface area contributed by atoms with Crippen molar-refractivity contribution in [1.29, 1.82) is 0 Å². The van der Waals surface area contributed by atoms with Crippen LogP contribution in [0.2, 0.25) is 0 Å². The van der Waals surface area contributed by atoms with Gasteiger partial charge in [0.1, 0.15) is 13.2 Å². The molecule has 0 aromatic rings. The van der Waals surface area contributed by atoms with Crippen LogP contribution in [0.1, 0.15) is 336 Å². The maximum absolute atomic E-state index is 12.9. The van der Waals surface area contributed by atoms with E-state index >= 15 is 0 Å². The first-order chi connectivity index (χ1) is 32.3. The summed E-state index contributed by atoms with van der Waals surface area (Å²) >= 11 is 0. The monoisotopic (exact) mass is 933 g/mol. The molecular weight excluding hydrogens is 817 g/mol. The van der Waals surface area contributed by atoms with Gasteiger partial charge in [0.25, 0.3) is 0 Å². The maximum Gasteiger partial charge on any atom is 0.306 e. The van der Waals surface area contributed by atoms with Gasteiger partial charge in [0, 0.05) is 19.3 Å². The normalized spacial score (nSPS) is 12.5. The third-order valence-electron chi connectivity index (χ3n) is 14.1. The van der Waals surface area contributed by atoms with Crippen LogP contribution < -0.4 is 0 Å². The molecule has 0 aliphatic rings. The van der Waals surface area contributed by atoms with Crippen LogP contribution in [0.25, 0.3) is 0 Å². The second-order valence-corrected chi connectivity index (χ2v) is 21.4. The van der Waals surface area contributed by atoms with Crippen LogP contribution >= 0.6 is 0 Å². The molecule has 6 nitrogen and oxygen atoms in total. The van der Waals surface area contributed by atoms with Gasteiger partial charge in [0.05, 0.1) is 0 Å². The Kier molecular flexibility index (Phi) is 51.5. The highest BCUT2D eigenvalue weighted by Crippen LogP contribution is 2.19. The van der Waals surface area contributed by atoms with Crippen LogP contribution in [0.5, 0.6) is 0 Å². The summed E-state index contributed by atoms with van der Waals surface area (Å²) in [6.07, 6.45) is 56.8. The van der Waals surface area contributed by atoms with Gasteiger partial charge in [0.2, 0.25) is 0 Å². The topological polar surface area (TPSA) is 78.9 Å². The minimum Gasteiger partial charge on any atom is -0.462 e. The molecule has 0 aromatic carbocycles. The van der Waals surface area contributed by atoms with E-state index in [4.69, 9.17) is 14.2 Å². The van der Waals surface area contributed by atoms with E-state index in [1.54, 1.807) is 0 Å².